The lowest BCUT2D eigenvalue weighted by Crippen LogP contribution is -2.31. The van der Waals surface area contributed by atoms with Crippen LogP contribution in [0.15, 0.2) is 111 Å². The molecule has 0 saturated carbocycles. The minimum Gasteiger partial charge on any atom is -0.464 e. The normalized spacial score (nSPS) is 12.4. The van der Waals surface area contributed by atoms with Crippen molar-refractivity contribution in [2.45, 2.75) is 59.8 Å². The highest BCUT2D eigenvalue weighted by Crippen LogP contribution is 2.43. The van der Waals surface area contributed by atoms with Crippen molar-refractivity contribution >= 4 is 44.0 Å². The first-order chi connectivity index (χ1) is 24.8. The van der Waals surface area contributed by atoms with Crippen molar-refractivity contribution in [2.24, 2.45) is 10.4 Å². The molecule has 1 aliphatic carbocycles. The lowest BCUT2D eigenvalue weighted by atomic mass is 9.91. The summed E-state index contributed by atoms with van der Waals surface area (Å²) in [7, 11) is -4.03. The van der Waals surface area contributed by atoms with E-state index in [-0.39, 0.29) is 24.0 Å². The molecule has 8 nitrogen and oxygen atoms in total. The second-order valence-corrected chi connectivity index (χ2v) is 15.7. The minimum absolute atomic E-state index is 0.0649. The fraction of sp³-hybridized carbons (Fsp3) is 0.256. The topological polar surface area (TPSA) is 110 Å². The first-order valence-electron chi connectivity index (χ1n) is 17.5. The molecule has 0 saturated heterocycles. The van der Waals surface area contributed by atoms with E-state index >= 15 is 0 Å². The average molecular weight is 716 g/mol. The highest BCUT2D eigenvalue weighted by Gasteiger charge is 2.28. The minimum atomic E-state index is -4.03. The van der Waals surface area contributed by atoms with Gasteiger partial charge in [0.05, 0.1) is 21.4 Å². The molecule has 9 heteroatoms. The molecule has 4 aromatic rings. The van der Waals surface area contributed by atoms with Gasteiger partial charge in [0.1, 0.15) is 18.0 Å². The lowest BCUT2D eigenvalue weighted by molar-refractivity contribution is -0.153. The van der Waals surface area contributed by atoms with E-state index < -0.39 is 15.4 Å². The molecule has 2 N–H and O–H groups in total. The number of carbonyl (C=O) groups excluding carboxylic acids is 1. The Bertz CT molecular complexity index is 2450. The number of nitrogens with one attached hydrogen (secondary N) is 2. The van der Waals surface area contributed by atoms with E-state index in [1.165, 1.54) is 5.56 Å². The molecule has 6 rings (SSSR count). The predicted octanol–water partition coefficient (Wildman–Crippen LogP) is 9.67. The number of hydrogen-bond acceptors (Lipinski definition) is 7. The van der Waals surface area contributed by atoms with Crippen LogP contribution in [-0.4, -0.2) is 27.5 Å². The SMILES string of the molecule is CCC(C)(C)C(=O)OCCNS(=O)(=O)c1ccccc1-c1c2ccc(=Nc3ccc(C)cc3C)cc-2oc2cc(Nc3ccc(C)cc3C)ccc12. The van der Waals surface area contributed by atoms with Crippen LogP contribution in [0.1, 0.15) is 49.4 Å². The monoisotopic (exact) mass is 715 g/mol. The Kier molecular flexibility index (Phi) is 10.4. The van der Waals surface area contributed by atoms with E-state index in [4.69, 9.17) is 14.1 Å². The van der Waals surface area contributed by atoms with E-state index in [9.17, 15) is 13.2 Å². The van der Waals surface area contributed by atoms with Gasteiger partial charge in [-0.3, -0.25) is 4.79 Å². The van der Waals surface area contributed by atoms with Crippen LogP contribution >= 0.6 is 0 Å². The molecule has 1 aliphatic heterocycles. The van der Waals surface area contributed by atoms with Crippen molar-refractivity contribution in [3.8, 4) is 22.5 Å². The molecular formula is C43H45N3O5S. The highest BCUT2D eigenvalue weighted by atomic mass is 32.2. The molecule has 0 unspecified atom stereocenters. The number of sulfonamides is 1. The Labute approximate surface area is 306 Å². The summed E-state index contributed by atoms with van der Waals surface area (Å²) in [6.07, 6.45) is 0.612. The summed E-state index contributed by atoms with van der Waals surface area (Å²) in [5.41, 5.74) is 9.08. The maximum absolute atomic E-state index is 13.9. The van der Waals surface area contributed by atoms with Gasteiger partial charge < -0.3 is 14.5 Å². The van der Waals surface area contributed by atoms with Gasteiger partial charge in [0.2, 0.25) is 10.0 Å². The van der Waals surface area contributed by atoms with Crippen LogP contribution < -0.4 is 15.4 Å². The van der Waals surface area contributed by atoms with Crippen LogP contribution in [0, 0.1) is 33.1 Å². The Morgan fingerprint density at radius 3 is 2.29 bits per heavy atom. The van der Waals surface area contributed by atoms with Gasteiger partial charge in [-0.05, 0) is 102 Å². The van der Waals surface area contributed by atoms with Gasteiger partial charge >= 0.3 is 5.97 Å². The van der Waals surface area contributed by atoms with Gasteiger partial charge in [0.25, 0.3) is 0 Å². The van der Waals surface area contributed by atoms with E-state index in [1.807, 2.05) is 74.5 Å². The molecule has 2 aliphatic rings. The van der Waals surface area contributed by atoms with Crippen molar-refractivity contribution in [3.05, 3.63) is 125 Å². The average Bonchev–Trinajstić information content (AvgIpc) is 3.11. The third kappa shape index (κ3) is 7.81. The molecule has 0 amide bonds. The third-order valence-electron chi connectivity index (χ3n) is 9.48. The van der Waals surface area contributed by atoms with Crippen molar-refractivity contribution in [3.63, 3.8) is 0 Å². The van der Waals surface area contributed by atoms with E-state index in [2.05, 4.69) is 55.1 Å². The summed E-state index contributed by atoms with van der Waals surface area (Å²) in [4.78, 5) is 17.5. The molecule has 0 atom stereocenters. The number of fused-ring (bicyclic) bond motifs is 2. The summed E-state index contributed by atoms with van der Waals surface area (Å²) in [5.74, 6) is 0.193. The Hall–Kier alpha value is -5.25. The number of esters is 1. The van der Waals surface area contributed by atoms with Crippen LogP contribution in [0.3, 0.4) is 0 Å². The van der Waals surface area contributed by atoms with Crippen LogP contribution in [0.25, 0.3) is 33.4 Å². The number of ether oxygens (including phenoxy) is 1. The Morgan fingerprint density at radius 1 is 0.827 bits per heavy atom. The number of carbonyl (C=O) groups is 1. The van der Waals surface area contributed by atoms with Gasteiger partial charge in [-0.1, -0.05) is 60.5 Å². The molecule has 52 heavy (non-hydrogen) atoms. The fourth-order valence-electron chi connectivity index (χ4n) is 6.14. The summed E-state index contributed by atoms with van der Waals surface area (Å²) in [6, 6.07) is 30.9. The summed E-state index contributed by atoms with van der Waals surface area (Å²) < 4.78 is 42.5. The Balaban J connectivity index is 1.47. The third-order valence-corrected chi connectivity index (χ3v) is 11.0. The second-order valence-electron chi connectivity index (χ2n) is 14.0. The summed E-state index contributed by atoms with van der Waals surface area (Å²) >= 11 is 0. The molecule has 0 radical (unpaired) electrons. The standard InChI is InChI=1S/C43H45N3O5S/c1-8-43(6,7)42(47)50-22-21-44-52(48,49)40-12-10-9-11-35(40)41-33-17-15-31(45-36-19-13-27(2)23-29(36)4)25-38(33)51-39-26-32(16-18-34(39)41)46-37-20-14-28(3)24-30(37)5/h9-20,23-26,44-45H,8,21-22H2,1-7H3. The highest BCUT2D eigenvalue weighted by molar-refractivity contribution is 7.89. The molecule has 4 aromatic carbocycles. The zero-order chi connectivity index (χ0) is 37.2. The molecule has 0 spiro atoms. The number of aryl methyl sites for hydroxylation is 4. The fourth-order valence-corrected chi connectivity index (χ4v) is 7.37. The van der Waals surface area contributed by atoms with Crippen molar-refractivity contribution in [1.82, 2.24) is 4.72 Å². The summed E-state index contributed by atoms with van der Waals surface area (Å²) in [5, 5.41) is 4.97. The van der Waals surface area contributed by atoms with Crippen molar-refractivity contribution < 1.29 is 22.4 Å². The van der Waals surface area contributed by atoms with Gasteiger partial charge in [-0.15, -0.1) is 0 Å². The first-order valence-corrected chi connectivity index (χ1v) is 19.0. The summed E-state index contributed by atoms with van der Waals surface area (Å²) in [6.45, 7) is 13.6. The maximum Gasteiger partial charge on any atom is 0.311 e. The van der Waals surface area contributed by atoms with Gasteiger partial charge in [0.15, 0.2) is 0 Å². The van der Waals surface area contributed by atoms with E-state index in [0.29, 0.717) is 34.2 Å². The number of hydrogen-bond donors (Lipinski definition) is 2. The second kappa shape index (κ2) is 14.8. The molecule has 1 heterocycles. The Morgan fingerprint density at radius 2 is 1.56 bits per heavy atom. The molecule has 0 bridgehead atoms. The predicted molar refractivity (Wildman–Crippen MR) is 209 cm³/mol. The van der Waals surface area contributed by atoms with Crippen molar-refractivity contribution in [1.29, 1.82) is 0 Å². The van der Waals surface area contributed by atoms with Crippen LogP contribution in [0.2, 0.25) is 0 Å². The largest absolute Gasteiger partial charge is 0.464 e. The quantitative estimate of drug-likeness (QED) is 0.0786. The molecule has 0 aromatic heterocycles. The van der Waals surface area contributed by atoms with E-state index in [1.54, 1.807) is 26.0 Å². The number of nitrogens with zero attached hydrogens (tertiary/aromatic N) is 1. The maximum atomic E-state index is 13.9. The van der Waals surface area contributed by atoms with Crippen LogP contribution in [0.5, 0.6) is 0 Å². The van der Waals surface area contributed by atoms with Gasteiger partial charge in [-0.2, -0.15) is 0 Å². The number of anilines is 2. The van der Waals surface area contributed by atoms with Crippen molar-refractivity contribution in [2.75, 3.05) is 18.5 Å². The zero-order valence-electron chi connectivity index (χ0n) is 30.8. The number of benzene rings is 5. The zero-order valence-corrected chi connectivity index (χ0v) is 31.6. The molecule has 0 fully saturated rings. The molecule has 268 valence electrons. The smallest absolute Gasteiger partial charge is 0.311 e. The van der Waals surface area contributed by atoms with Crippen LogP contribution in [0.4, 0.5) is 17.1 Å². The lowest BCUT2D eigenvalue weighted by Gasteiger charge is -2.20. The van der Waals surface area contributed by atoms with Crippen LogP contribution in [-0.2, 0) is 19.6 Å². The van der Waals surface area contributed by atoms with Gasteiger partial charge in [0, 0.05) is 52.1 Å². The van der Waals surface area contributed by atoms with Gasteiger partial charge in [-0.25, -0.2) is 18.1 Å². The van der Waals surface area contributed by atoms with E-state index in [0.717, 1.165) is 44.7 Å². The molecular weight excluding hydrogens is 671 g/mol. The number of rotatable bonds is 11. The first kappa shape index (κ1) is 36.5.